The van der Waals surface area contributed by atoms with E-state index in [-0.39, 0.29) is 16.9 Å². The largest absolute Gasteiger partial charge is 0.507 e. The third-order valence-corrected chi connectivity index (χ3v) is 1.68. The summed E-state index contributed by atoms with van der Waals surface area (Å²) in [4.78, 5) is 20.7. The fourth-order valence-electron chi connectivity index (χ4n) is 0.979. The fourth-order valence-corrected chi connectivity index (χ4v) is 0.979. The van der Waals surface area contributed by atoms with Gasteiger partial charge in [0.25, 0.3) is 0 Å². The molecule has 1 aromatic rings. The molecule has 0 unspecified atom stereocenters. The van der Waals surface area contributed by atoms with Crippen molar-refractivity contribution in [3.63, 3.8) is 0 Å². The molecule has 0 spiro atoms. The highest BCUT2D eigenvalue weighted by Gasteiger charge is 2.05. The molecule has 0 atom stereocenters. The first-order chi connectivity index (χ1) is 7.00. The third kappa shape index (κ3) is 2.84. The van der Waals surface area contributed by atoms with E-state index < -0.39 is 11.9 Å². The van der Waals surface area contributed by atoms with Gasteiger partial charge in [-0.05, 0) is 18.2 Å². The molecule has 15 heavy (non-hydrogen) atoms. The van der Waals surface area contributed by atoms with E-state index in [1.54, 1.807) is 0 Å². The van der Waals surface area contributed by atoms with Gasteiger partial charge in [0.05, 0.1) is 5.56 Å². The molecule has 0 radical (unpaired) electrons. The number of carboxylic acid groups (broad SMARTS) is 2. The van der Waals surface area contributed by atoms with E-state index in [1.165, 1.54) is 18.2 Å². The van der Waals surface area contributed by atoms with Crippen LogP contribution in [0.1, 0.15) is 15.9 Å². The van der Waals surface area contributed by atoms with Crippen LogP contribution in [0, 0.1) is 0 Å². The second-order valence-corrected chi connectivity index (χ2v) is 2.75. The summed E-state index contributed by atoms with van der Waals surface area (Å²) in [7, 11) is 0. The second kappa shape index (κ2) is 4.28. The van der Waals surface area contributed by atoms with Gasteiger partial charge in [0.2, 0.25) is 0 Å². The Morgan fingerprint density at radius 3 is 2.33 bits per heavy atom. The van der Waals surface area contributed by atoms with Gasteiger partial charge in [-0.1, -0.05) is 6.07 Å². The van der Waals surface area contributed by atoms with E-state index in [0.29, 0.717) is 0 Å². The Kier molecular flexibility index (Phi) is 3.07. The number of hydrogen-bond donors (Lipinski definition) is 3. The van der Waals surface area contributed by atoms with Crippen molar-refractivity contribution in [3.8, 4) is 5.75 Å². The number of aliphatic carboxylic acids is 1. The molecule has 1 aromatic carbocycles. The number of carbonyl (C=O) groups is 2. The number of carboxylic acids is 2. The zero-order chi connectivity index (χ0) is 11.4. The van der Waals surface area contributed by atoms with E-state index in [9.17, 15) is 14.7 Å². The maximum absolute atomic E-state index is 10.5. The number of phenols is 1. The lowest BCUT2D eigenvalue weighted by Gasteiger charge is -2.00. The SMILES string of the molecule is O=C(O)/C=C/c1ccc(C(=O)O)cc1O. The molecule has 0 aliphatic carbocycles. The topological polar surface area (TPSA) is 94.8 Å². The minimum absolute atomic E-state index is 0.0556. The monoisotopic (exact) mass is 208 g/mol. The lowest BCUT2D eigenvalue weighted by Crippen LogP contribution is -1.95. The third-order valence-electron chi connectivity index (χ3n) is 1.68. The molecule has 3 N–H and O–H groups in total. The smallest absolute Gasteiger partial charge is 0.335 e. The van der Waals surface area contributed by atoms with Gasteiger partial charge >= 0.3 is 11.9 Å². The average Bonchev–Trinajstić information content (AvgIpc) is 2.15. The van der Waals surface area contributed by atoms with Crippen molar-refractivity contribution in [1.82, 2.24) is 0 Å². The molecule has 0 aliphatic heterocycles. The van der Waals surface area contributed by atoms with Gasteiger partial charge in [0.1, 0.15) is 5.75 Å². The molecule has 1 rings (SSSR count). The minimum atomic E-state index is -1.15. The van der Waals surface area contributed by atoms with Crippen LogP contribution in [0.4, 0.5) is 0 Å². The number of rotatable bonds is 3. The van der Waals surface area contributed by atoms with Crippen molar-refractivity contribution in [2.75, 3.05) is 0 Å². The Bertz CT molecular complexity index is 433. The molecule has 0 saturated carbocycles. The Balaban J connectivity index is 3.03. The van der Waals surface area contributed by atoms with Crippen molar-refractivity contribution in [3.05, 3.63) is 35.4 Å². The van der Waals surface area contributed by atoms with Crippen LogP contribution in [0.15, 0.2) is 24.3 Å². The molecule has 78 valence electrons. The molecule has 0 aromatic heterocycles. The van der Waals surface area contributed by atoms with Gasteiger partial charge < -0.3 is 15.3 Å². The summed E-state index contributed by atoms with van der Waals surface area (Å²) in [5.41, 5.74) is 0.197. The first kappa shape index (κ1) is 10.8. The standard InChI is InChI=1S/C10H8O5/c11-8-5-7(10(14)15)2-1-6(8)3-4-9(12)13/h1-5,11H,(H,12,13)(H,14,15)/b4-3+. The number of phenolic OH excluding ortho intramolecular Hbond substituents is 1. The summed E-state index contributed by atoms with van der Waals surface area (Å²) >= 11 is 0. The summed E-state index contributed by atoms with van der Waals surface area (Å²) in [6.45, 7) is 0. The van der Waals surface area contributed by atoms with Gasteiger partial charge in [0, 0.05) is 11.6 Å². The molecule has 0 fully saturated rings. The summed E-state index contributed by atoms with van der Waals surface area (Å²) in [6, 6.07) is 3.67. The van der Waals surface area contributed by atoms with Crippen LogP contribution in [-0.4, -0.2) is 27.3 Å². The normalized spacial score (nSPS) is 10.4. The van der Waals surface area contributed by atoms with Crippen LogP contribution in [-0.2, 0) is 4.79 Å². The van der Waals surface area contributed by atoms with E-state index in [0.717, 1.165) is 12.1 Å². The summed E-state index contributed by atoms with van der Waals surface area (Å²) in [5, 5.41) is 26.3. The number of aromatic hydroxyl groups is 1. The maximum atomic E-state index is 10.5. The second-order valence-electron chi connectivity index (χ2n) is 2.75. The van der Waals surface area contributed by atoms with Gasteiger partial charge in [-0.15, -0.1) is 0 Å². The number of hydrogen-bond acceptors (Lipinski definition) is 3. The minimum Gasteiger partial charge on any atom is -0.507 e. The average molecular weight is 208 g/mol. The molecular weight excluding hydrogens is 200 g/mol. The van der Waals surface area contributed by atoms with E-state index in [4.69, 9.17) is 10.2 Å². The molecule has 0 bridgehead atoms. The summed E-state index contributed by atoms with van der Waals surface area (Å²) < 4.78 is 0. The highest BCUT2D eigenvalue weighted by molar-refractivity contribution is 5.89. The zero-order valence-electron chi connectivity index (χ0n) is 7.54. The Morgan fingerprint density at radius 2 is 1.87 bits per heavy atom. The van der Waals surface area contributed by atoms with Crippen molar-refractivity contribution >= 4 is 18.0 Å². The predicted molar refractivity (Wildman–Crippen MR) is 51.7 cm³/mol. The van der Waals surface area contributed by atoms with E-state index in [1.807, 2.05) is 0 Å². The van der Waals surface area contributed by atoms with Crippen LogP contribution < -0.4 is 0 Å². The Hall–Kier alpha value is -2.30. The highest BCUT2D eigenvalue weighted by atomic mass is 16.4. The van der Waals surface area contributed by atoms with Crippen molar-refractivity contribution in [2.45, 2.75) is 0 Å². The molecule has 0 aliphatic rings. The van der Waals surface area contributed by atoms with Crippen molar-refractivity contribution in [1.29, 1.82) is 0 Å². The van der Waals surface area contributed by atoms with E-state index >= 15 is 0 Å². The van der Waals surface area contributed by atoms with Crippen molar-refractivity contribution < 1.29 is 24.9 Å². The van der Waals surface area contributed by atoms with Gasteiger partial charge in [-0.25, -0.2) is 9.59 Å². The maximum Gasteiger partial charge on any atom is 0.335 e. The number of aromatic carboxylic acids is 1. The molecular formula is C10H8O5. The summed E-state index contributed by atoms with van der Waals surface area (Å²) in [5.74, 6) is -2.57. The first-order valence-electron chi connectivity index (χ1n) is 3.98. The van der Waals surface area contributed by atoms with Gasteiger partial charge in [-0.3, -0.25) is 0 Å². The molecule has 5 nitrogen and oxygen atoms in total. The highest BCUT2D eigenvalue weighted by Crippen LogP contribution is 2.20. The molecule has 5 heteroatoms. The summed E-state index contributed by atoms with van der Waals surface area (Å²) in [6.07, 6.45) is 2.04. The lowest BCUT2D eigenvalue weighted by molar-refractivity contribution is -0.131. The quantitative estimate of drug-likeness (QED) is 0.648. The van der Waals surface area contributed by atoms with Crippen LogP contribution in [0.2, 0.25) is 0 Å². The van der Waals surface area contributed by atoms with Gasteiger partial charge in [0.15, 0.2) is 0 Å². The Morgan fingerprint density at radius 1 is 1.20 bits per heavy atom. The van der Waals surface area contributed by atoms with Crippen LogP contribution in [0.25, 0.3) is 6.08 Å². The molecule has 0 saturated heterocycles. The molecule has 0 heterocycles. The Labute approximate surface area is 84.9 Å². The fraction of sp³-hybridized carbons (Fsp3) is 0. The molecule has 0 amide bonds. The van der Waals surface area contributed by atoms with Crippen molar-refractivity contribution in [2.24, 2.45) is 0 Å². The lowest BCUT2D eigenvalue weighted by atomic mass is 10.1. The number of benzene rings is 1. The first-order valence-corrected chi connectivity index (χ1v) is 3.98. The zero-order valence-corrected chi connectivity index (χ0v) is 7.54. The van der Waals surface area contributed by atoms with Crippen LogP contribution in [0.3, 0.4) is 0 Å². The van der Waals surface area contributed by atoms with E-state index in [2.05, 4.69) is 0 Å². The van der Waals surface area contributed by atoms with Crippen LogP contribution >= 0.6 is 0 Å². The van der Waals surface area contributed by atoms with Crippen LogP contribution in [0.5, 0.6) is 5.75 Å². The predicted octanol–water partition coefficient (Wildman–Crippen LogP) is 1.19. The van der Waals surface area contributed by atoms with Gasteiger partial charge in [-0.2, -0.15) is 0 Å².